The van der Waals surface area contributed by atoms with Crippen molar-refractivity contribution in [1.82, 2.24) is 0 Å². The van der Waals surface area contributed by atoms with Gasteiger partial charge in [-0.05, 0) is 0 Å². The minimum Gasteiger partial charge on any atom is -0.372 e. The van der Waals surface area contributed by atoms with Crippen molar-refractivity contribution in [3.05, 3.63) is 0 Å². The maximum Gasteiger partial charge on any atom is 0.267 e. The maximum atomic E-state index is 10.8. The summed E-state index contributed by atoms with van der Waals surface area (Å²) in [5.74, 6) is -0.387. The van der Waals surface area contributed by atoms with Gasteiger partial charge in [-0.3, -0.25) is 4.55 Å². The minimum absolute atomic E-state index is 0.0395. The second kappa shape index (κ2) is 4.45. The zero-order valence-electron chi connectivity index (χ0n) is 9.20. The van der Waals surface area contributed by atoms with Crippen LogP contribution in [0.2, 0.25) is 0 Å². The van der Waals surface area contributed by atoms with Crippen molar-refractivity contribution < 1.29 is 22.4 Å². The summed E-state index contributed by atoms with van der Waals surface area (Å²) in [7, 11) is -4.00. The standard InChI is InChI=1S/C9H16O5S2/c1-5-8-9(6(2)15-5)14-7(3-13-8)4-16(10,11)12/h5-9H,3-4H2,1-2H3,(H,10,11,12). The van der Waals surface area contributed by atoms with Crippen molar-refractivity contribution in [2.75, 3.05) is 12.4 Å². The fourth-order valence-corrected chi connectivity index (χ4v) is 4.33. The van der Waals surface area contributed by atoms with E-state index in [9.17, 15) is 8.42 Å². The van der Waals surface area contributed by atoms with Crippen LogP contribution in [-0.2, 0) is 19.6 Å². The van der Waals surface area contributed by atoms with Crippen molar-refractivity contribution in [3.8, 4) is 0 Å². The number of fused-ring (bicyclic) bond motifs is 1. The van der Waals surface area contributed by atoms with Gasteiger partial charge in [0.15, 0.2) is 0 Å². The fraction of sp³-hybridized carbons (Fsp3) is 1.00. The first kappa shape index (κ1) is 12.6. The zero-order chi connectivity index (χ0) is 11.9. The number of ether oxygens (including phenoxy) is 2. The molecule has 0 aromatic carbocycles. The molecule has 0 aromatic heterocycles. The first-order chi connectivity index (χ1) is 7.37. The van der Waals surface area contributed by atoms with Crippen molar-refractivity contribution in [1.29, 1.82) is 0 Å². The van der Waals surface area contributed by atoms with Crippen molar-refractivity contribution in [2.45, 2.75) is 42.7 Å². The molecule has 94 valence electrons. The van der Waals surface area contributed by atoms with Crippen molar-refractivity contribution >= 4 is 21.9 Å². The van der Waals surface area contributed by atoms with Crippen LogP contribution in [0.3, 0.4) is 0 Å². The van der Waals surface area contributed by atoms with Gasteiger partial charge in [-0.15, -0.1) is 0 Å². The Hall–Kier alpha value is 0.180. The predicted molar refractivity (Wildman–Crippen MR) is 61.3 cm³/mol. The van der Waals surface area contributed by atoms with E-state index in [4.69, 9.17) is 14.0 Å². The molecule has 0 spiro atoms. The summed E-state index contributed by atoms with van der Waals surface area (Å²) in [6.45, 7) is 4.36. The van der Waals surface area contributed by atoms with Crippen LogP contribution in [0.1, 0.15) is 13.8 Å². The lowest BCUT2D eigenvalue weighted by Gasteiger charge is -2.34. The van der Waals surface area contributed by atoms with Crippen LogP contribution in [0.15, 0.2) is 0 Å². The summed E-state index contributed by atoms with van der Waals surface area (Å²) in [5.41, 5.74) is 0. The van der Waals surface area contributed by atoms with E-state index < -0.39 is 16.2 Å². The van der Waals surface area contributed by atoms with Crippen LogP contribution >= 0.6 is 11.8 Å². The Morgan fingerprint density at radius 3 is 2.56 bits per heavy atom. The van der Waals surface area contributed by atoms with Gasteiger partial charge in [-0.25, -0.2) is 0 Å². The van der Waals surface area contributed by atoms with Gasteiger partial charge in [0.25, 0.3) is 10.1 Å². The average molecular weight is 268 g/mol. The van der Waals surface area contributed by atoms with Gasteiger partial charge in [-0.2, -0.15) is 20.2 Å². The Labute approximate surface area is 99.6 Å². The van der Waals surface area contributed by atoms with Gasteiger partial charge in [-0.1, -0.05) is 13.8 Å². The molecule has 0 saturated carbocycles. The van der Waals surface area contributed by atoms with Crippen molar-refractivity contribution in [2.24, 2.45) is 0 Å². The van der Waals surface area contributed by atoms with Gasteiger partial charge in [0.1, 0.15) is 5.75 Å². The van der Waals surface area contributed by atoms with Gasteiger partial charge in [0.05, 0.1) is 24.9 Å². The molecule has 0 aliphatic carbocycles. The molecule has 16 heavy (non-hydrogen) atoms. The third-order valence-electron chi connectivity index (χ3n) is 2.90. The largest absolute Gasteiger partial charge is 0.372 e. The maximum absolute atomic E-state index is 10.8. The third kappa shape index (κ3) is 2.70. The lowest BCUT2D eigenvalue weighted by atomic mass is 10.1. The van der Waals surface area contributed by atoms with Crippen LogP contribution in [0.5, 0.6) is 0 Å². The van der Waals surface area contributed by atoms with E-state index in [1.54, 1.807) is 11.8 Å². The molecule has 2 rings (SSSR count). The van der Waals surface area contributed by atoms with E-state index >= 15 is 0 Å². The van der Waals surface area contributed by atoms with Crippen LogP contribution in [0.25, 0.3) is 0 Å². The Morgan fingerprint density at radius 1 is 1.31 bits per heavy atom. The quantitative estimate of drug-likeness (QED) is 0.737. The molecule has 2 aliphatic heterocycles. The van der Waals surface area contributed by atoms with Gasteiger partial charge in [0, 0.05) is 10.5 Å². The average Bonchev–Trinajstić information content (AvgIpc) is 2.40. The Balaban J connectivity index is 2.00. The number of thioether (sulfide) groups is 1. The molecular formula is C9H16O5S2. The van der Waals surface area contributed by atoms with Crippen molar-refractivity contribution in [3.63, 3.8) is 0 Å². The topological polar surface area (TPSA) is 72.8 Å². The first-order valence-corrected chi connectivity index (χ1v) is 7.79. The second-order valence-corrected chi connectivity index (χ2v) is 7.57. The molecule has 2 heterocycles. The van der Waals surface area contributed by atoms with Crippen LogP contribution in [-0.4, -0.2) is 54.1 Å². The van der Waals surface area contributed by atoms with Crippen LogP contribution in [0, 0.1) is 0 Å². The molecule has 1 N–H and O–H groups in total. The molecule has 5 nitrogen and oxygen atoms in total. The number of rotatable bonds is 2. The highest BCUT2D eigenvalue weighted by molar-refractivity contribution is 8.00. The molecule has 2 saturated heterocycles. The van der Waals surface area contributed by atoms with Gasteiger partial charge in [0.2, 0.25) is 0 Å². The highest BCUT2D eigenvalue weighted by Crippen LogP contribution is 2.39. The van der Waals surface area contributed by atoms with E-state index in [-0.39, 0.29) is 24.6 Å². The van der Waals surface area contributed by atoms with Gasteiger partial charge < -0.3 is 9.47 Å². The predicted octanol–water partition coefficient (Wildman–Crippen LogP) is 0.551. The molecule has 5 unspecified atom stereocenters. The second-order valence-electron chi connectivity index (χ2n) is 4.32. The van der Waals surface area contributed by atoms with E-state index in [0.29, 0.717) is 10.5 Å². The summed E-state index contributed by atoms with van der Waals surface area (Å²) in [6.07, 6.45) is -0.581. The highest BCUT2D eigenvalue weighted by atomic mass is 32.2. The lowest BCUT2D eigenvalue weighted by Crippen LogP contribution is -2.48. The SMILES string of the molecule is CC1SC(C)C2OC(CS(=O)(=O)O)COC12. The Bertz CT molecular complexity index is 355. The minimum atomic E-state index is -4.00. The molecule has 0 radical (unpaired) electrons. The van der Waals surface area contributed by atoms with E-state index in [1.165, 1.54) is 0 Å². The van der Waals surface area contributed by atoms with Crippen LogP contribution in [0.4, 0.5) is 0 Å². The summed E-state index contributed by atoms with van der Waals surface area (Å²) >= 11 is 1.78. The molecule has 7 heteroatoms. The fourth-order valence-electron chi connectivity index (χ4n) is 2.25. The Kier molecular flexibility index (Phi) is 3.52. The number of hydrogen-bond donors (Lipinski definition) is 1. The number of hydrogen-bond acceptors (Lipinski definition) is 5. The smallest absolute Gasteiger partial charge is 0.267 e. The van der Waals surface area contributed by atoms with Crippen LogP contribution < -0.4 is 0 Å². The summed E-state index contributed by atoms with van der Waals surface area (Å²) in [6, 6.07) is 0. The first-order valence-electron chi connectivity index (χ1n) is 5.24. The lowest BCUT2D eigenvalue weighted by molar-refractivity contribution is -0.165. The summed E-state index contributed by atoms with van der Waals surface area (Å²) in [5, 5.41) is 0.663. The van der Waals surface area contributed by atoms with E-state index in [2.05, 4.69) is 6.92 Å². The Morgan fingerprint density at radius 2 is 1.94 bits per heavy atom. The molecule has 0 aromatic rings. The van der Waals surface area contributed by atoms with E-state index in [1.807, 2.05) is 6.92 Å². The molecule has 0 bridgehead atoms. The molecular weight excluding hydrogens is 252 g/mol. The highest BCUT2D eigenvalue weighted by Gasteiger charge is 2.45. The van der Waals surface area contributed by atoms with Gasteiger partial charge >= 0.3 is 0 Å². The molecule has 5 atom stereocenters. The van der Waals surface area contributed by atoms with E-state index in [0.717, 1.165) is 0 Å². The monoisotopic (exact) mass is 268 g/mol. The molecule has 2 aliphatic rings. The summed E-state index contributed by atoms with van der Waals surface area (Å²) < 4.78 is 41.6. The molecule has 0 amide bonds. The zero-order valence-corrected chi connectivity index (χ0v) is 10.8. The third-order valence-corrected chi connectivity index (χ3v) is 5.09. The normalized spacial score (nSPS) is 44.3. The molecule has 2 fully saturated rings. The summed E-state index contributed by atoms with van der Waals surface area (Å²) in [4.78, 5) is 0.